The first kappa shape index (κ1) is 24.5. The summed E-state index contributed by atoms with van der Waals surface area (Å²) in [4.78, 5) is 28.3. The summed E-state index contributed by atoms with van der Waals surface area (Å²) in [6.07, 6.45) is 1.80. The zero-order chi connectivity index (χ0) is 24.9. The minimum Gasteiger partial charge on any atom is -0.478 e. The summed E-state index contributed by atoms with van der Waals surface area (Å²) in [5.74, 6) is -1.26. The van der Waals surface area contributed by atoms with Gasteiger partial charge in [-0.05, 0) is 72.7 Å². The molecule has 0 aliphatic carbocycles. The van der Waals surface area contributed by atoms with Crippen molar-refractivity contribution < 1.29 is 19.1 Å². The molecule has 3 aromatic carbocycles. The molecule has 5 nitrogen and oxygen atoms in total. The monoisotopic (exact) mass is 474 g/mol. The van der Waals surface area contributed by atoms with E-state index in [2.05, 4.69) is 18.7 Å². The molecule has 1 aliphatic rings. The summed E-state index contributed by atoms with van der Waals surface area (Å²) in [6, 6.07) is 22.0. The molecule has 0 radical (unpaired) electrons. The zero-order valence-corrected chi connectivity index (χ0v) is 20.2. The van der Waals surface area contributed by atoms with E-state index in [9.17, 15) is 14.0 Å². The second-order valence-corrected chi connectivity index (χ2v) is 9.50. The molecule has 0 spiro atoms. The van der Waals surface area contributed by atoms with E-state index in [1.807, 2.05) is 59.5 Å². The molecule has 1 fully saturated rings. The Bertz CT molecular complexity index is 1170. The van der Waals surface area contributed by atoms with Crippen LogP contribution >= 0.6 is 0 Å². The number of halogens is 1. The molecule has 0 atom stereocenters. The Kier molecular flexibility index (Phi) is 7.49. The van der Waals surface area contributed by atoms with Gasteiger partial charge in [0.1, 0.15) is 5.82 Å². The van der Waals surface area contributed by atoms with Crippen molar-refractivity contribution in [1.82, 2.24) is 0 Å². The fourth-order valence-corrected chi connectivity index (χ4v) is 4.68. The molecule has 4 rings (SSSR count). The largest absolute Gasteiger partial charge is 0.478 e. The van der Waals surface area contributed by atoms with E-state index in [0.29, 0.717) is 29.6 Å². The van der Waals surface area contributed by atoms with Crippen molar-refractivity contribution in [1.29, 1.82) is 0 Å². The first-order chi connectivity index (χ1) is 16.8. The summed E-state index contributed by atoms with van der Waals surface area (Å²) in [6.45, 7) is 6.37. The highest BCUT2D eigenvalue weighted by molar-refractivity contribution is 6.06. The number of hydrogen-bond donors (Lipinski definition) is 1. The Morgan fingerprint density at radius 2 is 1.66 bits per heavy atom. The van der Waals surface area contributed by atoms with Crippen molar-refractivity contribution in [3.63, 3.8) is 0 Å². The van der Waals surface area contributed by atoms with Crippen molar-refractivity contribution in [2.45, 2.75) is 32.6 Å². The molecule has 1 N–H and O–H groups in total. The van der Waals surface area contributed by atoms with Gasteiger partial charge in [0.2, 0.25) is 0 Å². The molecule has 182 valence electrons. The molecule has 0 unspecified atom stereocenters. The average molecular weight is 475 g/mol. The second kappa shape index (κ2) is 10.7. The maximum Gasteiger partial charge on any atom is 0.338 e. The van der Waals surface area contributed by atoms with Gasteiger partial charge < -0.3 is 14.9 Å². The van der Waals surface area contributed by atoms with Crippen LogP contribution < -0.4 is 9.80 Å². The number of hydrogen-bond acceptors (Lipinski definition) is 3. The van der Waals surface area contributed by atoms with Crippen LogP contribution in [0.15, 0.2) is 72.8 Å². The van der Waals surface area contributed by atoms with Crippen LogP contribution in [0.2, 0.25) is 0 Å². The van der Waals surface area contributed by atoms with Crippen LogP contribution in [-0.2, 0) is 0 Å². The van der Waals surface area contributed by atoms with E-state index < -0.39 is 11.8 Å². The highest BCUT2D eigenvalue weighted by atomic mass is 19.1. The zero-order valence-electron chi connectivity index (χ0n) is 20.2. The Morgan fingerprint density at radius 1 is 1.00 bits per heavy atom. The van der Waals surface area contributed by atoms with E-state index in [-0.39, 0.29) is 11.5 Å². The summed E-state index contributed by atoms with van der Waals surface area (Å²) in [5, 5.41) is 9.03. The van der Waals surface area contributed by atoms with Crippen molar-refractivity contribution in [3.05, 3.63) is 95.3 Å². The van der Waals surface area contributed by atoms with Crippen molar-refractivity contribution in [2.75, 3.05) is 29.4 Å². The number of carboxylic acid groups (broad SMARTS) is 1. The Labute approximate surface area is 205 Å². The SMILES string of the molecule is CC(C)CN(C(=O)c1ccc(C2CCN(c3ccc(C(=O)O)c(F)c3)CC2)cc1)c1ccccc1. The molecule has 1 amide bonds. The molecule has 0 bridgehead atoms. The first-order valence-electron chi connectivity index (χ1n) is 12.1. The maximum atomic E-state index is 14.1. The number of nitrogens with zero attached hydrogens (tertiary/aromatic N) is 2. The summed E-state index contributed by atoms with van der Waals surface area (Å²) in [5.41, 5.74) is 3.17. The van der Waals surface area contributed by atoms with E-state index in [0.717, 1.165) is 31.6 Å². The van der Waals surface area contributed by atoms with Crippen LogP contribution in [0.25, 0.3) is 0 Å². The van der Waals surface area contributed by atoms with Gasteiger partial charge in [0.15, 0.2) is 0 Å². The normalized spacial score (nSPS) is 14.2. The fraction of sp³-hybridized carbons (Fsp3) is 0.310. The number of amides is 1. The van der Waals surface area contributed by atoms with Gasteiger partial charge in [0.25, 0.3) is 5.91 Å². The van der Waals surface area contributed by atoms with Gasteiger partial charge in [-0.3, -0.25) is 4.79 Å². The van der Waals surface area contributed by atoms with E-state index in [4.69, 9.17) is 5.11 Å². The van der Waals surface area contributed by atoms with Gasteiger partial charge in [-0.25, -0.2) is 9.18 Å². The lowest BCUT2D eigenvalue weighted by molar-refractivity contribution is 0.0691. The van der Waals surface area contributed by atoms with Crippen LogP contribution in [-0.4, -0.2) is 36.6 Å². The van der Waals surface area contributed by atoms with E-state index in [1.54, 1.807) is 6.07 Å². The predicted octanol–water partition coefficient (Wildman–Crippen LogP) is 6.21. The summed E-state index contributed by atoms with van der Waals surface area (Å²) in [7, 11) is 0. The number of carbonyl (C=O) groups is 2. The molecule has 0 saturated carbocycles. The molecule has 35 heavy (non-hydrogen) atoms. The van der Waals surface area contributed by atoms with Gasteiger partial charge >= 0.3 is 5.97 Å². The number of carboxylic acids is 1. The highest BCUT2D eigenvalue weighted by Crippen LogP contribution is 2.31. The van der Waals surface area contributed by atoms with Crippen LogP contribution in [0.5, 0.6) is 0 Å². The van der Waals surface area contributed by atoms with E-state index >= 15 is 0 Å². The molecule has 1 aliphatic heterocycles. The lowest BCUT2D eigenvalue weighted by Crippen LogP contribution is -2.34. The molecule has 0 aromatic heterocycles. The van der Waals surface area contributed by atoms with Crippen molar-refractivity contribution in [3.8, 4) is 0 Å². The number of aromatic carboxylic acids is 1. The minimum absolute atomic E-state index is 0.00176. The van der Waals surface area contributed by atoms with Crippen molar-refractivity contribution >= 4 is 23.3 Å². The minimum atomic E-state index is -1.26. The number of para-hydroxylation sites is 1. The van der Waals surface area contributed by atoms with Gasteiger partial charge in [-0.15, -0.1) is 0 Å². The first-order valence-corrected chi connectivity index (χ1v) is 12.1. The van der Waals surface area contributed by atoms with Crippen LogP contribution in [0, 0.1) is 11.7 Å². The molecule has 1 heterocycles. The summed E-state index contributed by atoms with van der Waals surface area (Å²) >= 11 is 0. The van der Waals surface area contributed by atoms with Gasteiger partial charge in [0, 0.05) is 36.6 Å². The average Bonchev–Trinajstić information content (AvgIpc) is 2.87. The van der Waals surface area contributed by atoms with Crippen LogP contribution in [0.3, 0.4) is 0 Å². The molecule has 6 heteroatoms. The molecular weight excluding hydrogens is 443 g/mol. The van der Waals surface area contributed by atoms with Crippen LogP contribution in [0.1, 0.15) is 58.9 Å². The number of benzene rings is 3. The number of piperidine rings is 1. The Morgan fingerprint density at radius 3 is 2.23 bits per heavy atom. The quantitative estimate of drug-likeness (QED) is 0.442. The number of rotatable bonds is 7. The maximum absolute atomic E-state index is 14.1. The Balaban J connectivity index is 1.42. The fourth-order valence-electron chi connectivity index (χ4n) is 4.68. The lowest BCUT2D eigenvalue weighted by atomic mass is 9.88. The van der Waals surface area contributed by atoms with Gasteiger partial charge in [-0.2, -0.15) is 0 Å². The lowest BCUT2D eigenvalue weighted by Gasteiger charge is -2.34. The third-order valence-corrected chi connectivity index (χ3v) is 6.53. The number of carbonyl (C=O) groups excluding carboxylic acids is 1. The molecule has 3 aromatic rings. The van der Waals surface area contributed by atoms with Gasteiger partial charge in [0.05, 0.1) is 5.56 Å². The van der Waals surface area contributed by atoms with Gasteiger partial charge in [-0.1, -0.05) is 44.2 Å². The smallest absolute Gasteiger partial charge is 0.338 e. The van der Waals surface area contributed by atoms with E-state index in [1.165, 1.54) is 17.7 Å². The topological polar surface area (TPSA) is 60.9 Å². The highest BCUT2D eigenvalue weighted by Gasteiger charge is 2.23. The van der Waals surface area contributed by atoms with Crippen LogP contribution in [0.4, 0.5) is 15.8 Å². The third-order valence-electron chi connectivity index (χ3n) is 6.53. The second-order valence-electron chi connectivity index (χ2n) is 9.50. The van der Waals surface area contributed by atoms with Crippen molar-refractivity contribution in [2.24, 2.45) is 5.92 Å². The number of anilines is 2. The predicted molar refractivity (Wildman–Crippen MR) is 137 cm³/mol. The molecular formula is C29H31FN2O3. The standard InChI is InChI=1S/C29H31FN2O3/c1-20(2)19-32(24-6-4-3-5-7-24)28(33)23-10-8-21(9-11-23)22-14-16-31(17-15-22)25-12-13-26(29(34)35)27(30)18-25/h3-13,18,20,22H,14-17,19H2,1-2H3,(H,34,35). The molecule has 1 saturated heterocycles. The Hall–Kier alpha value is -3.67. The third kappa shape index (κ3) is 5.70. The summed E-state index contributed by atoms with van der Waals surface area (Å²) < 4.78 is 14.1.